The van der Waals surface area contributed by atoms with Gasteiger partial charge in [-0.2, -0.15) is 0 Å². The average Bonchev–Trinajstić information content (AvgIpc) is 2.91. The lowest BCUT2D eigenvalue weighted by atomic mass is 10.0. The third-order valence-corrected chi connectivity index (χ3v) is 3.85. The molecule has 116 valence electrons. The summed E-state index contributed by atoms with van der Waals surface area (Å²) in [5.74, 6) is -0.131. The molecule has 0 aliphatic carbocycles. The fraction of sp³-hybridized carbons (Fsp3) is 0.643. The molecule has 1 aromatic rings. The van der Waals surface area contributed by atoms with Gasteiger partial charge in [-0.3, -0.25) is 4.79 Å². The number of amides is 3. The van der Waals surface area contributed by atoms with Crippen molar-refractivity contribution < 1.29 is 9.59 Å². The van der Waals surface area contributed by atoms with Gasteiger partial charge in [-0.15, -0.1) is 11.3 Å². The number of hydrogen-bond acceptors (Lipinski definition) is 4. The Kier molecular flexibility index (Phi) is 4.82. The number of hydrogen-bond donors (Lipinski definition) is 2. The van der Waals surface area contributed by atoms with Crippen LogP contribution in [-0.2, 0) is 0 Å². The molecule has 7 heteroatoms. The Balaban J connectivity index is 1.78. The first-order valence-corrected chi connectivity index (χ1v) is 8.05. The van der Waals surface area contributed by atoms with Crippen molar-refractivity contribution in [2.24, 2.45) is 0 Å². The van der Waals surface area contributed by atoms with Crippen molar-refractivity contribution in [2.45, 2.75) is 45.2 Å². The summed E-state index contributed by atoms with van der Waals surface area (Å²) in [4.78, 5) is 29.8. The highest BCUT2D eigenvalue weighted by molar-refractivity contribution is 7.07. The van der Waals surface area contributed by atoms with Gasteiger partial charge in [0.25, 0.3) is 5.91 Å². The van der Waals surface area contributed by atoms with Crippen LogP contribution in [-0.4, -0.2) is 46.5 Å². The number of urea groups is 1. The monoisotopic (exact) mass is 310 g/mol. The summed E-state index contributed by atoms with van der Waals surface area (Å²) in [5.41, 5.74) is 1.88. The van der Waals surface area contributed by atoms with E-state index in [-0.39, 0.29) is 23.5 Å². The molecule has 1 saturated heterocycles. The van der Waals surface area contributed by atoms with Crippen molar-refractivity contribution >= 4 is 23.3 Å². The maximum absolute atomic E-state index is 12.0. The minimum Gasteiger partial charge on any atom is -0.348 e. The number of carbonyl (C=O) groups is 2. The molecule has 2 N–H and O–H groups in total. The lowest BCUT2D eigenvalue weighted by molar-refractivity contribution is 0.0913. The SMILES string of the molecule is CC(C)(C)NC(=O)N1CCC(NC(=O)c2cscn2)CC1. The van der Waals surface area contributed by atoms with E-state index in [1.54, 1.807) is 15.8 Å². The first-order chi connectivity index (χ1) is 9.85. The molecule has 2 heterocycles. The highest BCUT2D eigenvalue weighted by atomic mass is 32.1. The van der Waals surface area contributed by atoms with Gasteiger partial charge in [-0.25, -0.2) is 9.78 Å². The number of nitrogens with one attached hydrogen (secondary N) is 2. The number of thiazole rings is 1. The molecule has 0 saturated carbocycles. The van der Waals surface area contributed by atoms with E-state index in [1.165, 1.54) is 11.3 Å². The normalized spacial score (nSPS) is 16.6. The molecule has 1 aliphatic rings. The Morgan fingerprint density at radius 1 is 1.33 bits per heavy atom. The Morgan fingerprint density at radius 2 is 2.00 bits per heavy atom. The summed E-state index contributed by atoms with van der Waals surface area (Å²) in [6, 6.07) is 0.0738. The zero-order chi connectivity index (χ0) is 15.5. The first kappa shape index (κ1) is 15.8. The molecule has 3 amide bonds. The van der Waals surface area contributed by atoms with E-state index in [4.69, 9.17) is 0 Å². The van der Waals surface area contributed by atoms with Crippen LogP contribution >= 0.6 is 11.3 Å². The molecule has 0 atom stereocenters. The van der Waals surface area contributed by atoms with Crippen LogP contribution in [0.25, 0.3) is 0 Å². The Hall–Kier alpha value is -1.63. The van der Waals surface area contributed by atoms with Gasteiger partial charge in [0.05, 0.1) is 5.51 Å². The standard InChI is InChI=1S/C14H22N4O2S/c1-14(2,3)17-13(20)18-6-4-10(5-7-18)16-12(19)11-8-21-9-15-11/h8-10H,4-7H2,1-3H3,(H,16,19)(H,17,20). The van der Waals surface area contributed by atoms with Crippen LogP contribution in [0.1, 0.15) is 44.1 Å². The van der Waals surface area contributed by atoms with Crippen molar-refractivity contribution in [3.63, 3.8) is 0 Å². The van der Waals surface area contributed by atoms with E-state index in [2.05, 4.69) is 15.6 Å². The van der Waals surface area contributed by atoms with Crippen LogP contribution in [0.5, 0.6) is 0 Å². The fourth-order valence-corrected chi connectivity index (χ4v) is 2.74. The molecular formula is C14H22N4O2S. The van der Waals surface area contributed by atoms with Crippen LogP contribution in [0.2, 0.25) is 0 Å². The first-order valence-electron chi connectivity index (χ1n) is 7.11. The van der Waals surface area contributed by atoms with Crippen LogP contribution < -0.4 is 10.6 Å². The van der Waals surface area contributed by atoms with E-state index in [9.17, 15) is 9.59 Å². The Bertz CT molecular complexity index is 488. The van der Waals surface area contributed by atoms with Gasteiger partial charge >= 0.3 is 6.03 Å². The number of nitrogens with zero attached hydrogens (tertiary/aromatic N) is 2. The van der Waals surface area contributed by atoms with Crippen molar-refractivity contribution in [1.29, 1.82) is 0 Å². The second-order valence-corrected chi connectivity index (χ2v) is 7.01. The van der Waals surface area contributed by atoms with Crippen molar-refractivity contribution in [2.75, 3.05) is 13.1 Å². The second kappa shape index (κ2) is 6.43. The topological polar surface area (TPSA) is 74.3 Å². The minimum absolute atomic E-state index is 0.0354. The van der Waals surface area contributed by atoms with E-state index in [0.29, 0.717) is 18.8 Å². The third-order valence-electron chi connectivity index (χ3n) is 3.26. The highest BCUT2D eigenvalue weighted by Gasteiger charge is 2.26. The molecule has 1 aromatic heterocycles. The fourth-order valence-electron chi connectivity index (χ4n) is 2.21. The van der Waals surface area contributed by atoms with Crippen LogP contribution in [0.15, 0.2) is 10.9 Å². The quantitative estimate of drug-likeness (QED) is 0.875. The Morgan fingerprint density at radius 3 is 2.52 bits per heavy atom. The van der Waals surface area contributed by atoms with Gasteiger partial charge in [0, 0.05) is 30.1 Å². The molecule has 1 fully saturated rings. The van der Waals surface area contributed by atoms with E-state index in [0.717, 1.165) is 12.8 Å². The highest BCUT2D eigenvalue weighted by Crippen LogP contribution is 2.12. The van der Waals surface area contributed by atoms with Gasteiger partial charge in [0.15, 0.2) is 0 Å². The van der Waals surface area contributed by atoms with Gasteiger partial charge in [-0.1, -0.05) is 0 Å². The maximum atomic E-state index is 12.0. The number of carbonyl (C=O) groups excluding carboxylic acids is 2. The zero-order valence-electron chi connectivity index (χ0n) is 12.7. The van der Waals surface area contributed by atoms with Crippen LogP contribution in [0.4, 0.5) is 4.79 Å². The van der Waals surface area contributed by atoms with Gasteiger partial charge < -0.3 is 15.5 Å². The summed E-state index contributed by atoms with van der Waals surface area (Å²) >= 11 is 1.41. The minimum atomic E-state index is -0.229. The lowest BCUT2D eigenvalue weighted by Gasteiger charge is -2.34. The van der Waals surface area contributed by atoms with E-state index in [1.807, 2.05) is 20.8 Å². The predicted octanol–water partition coefficient (Wildman–Crippen LogP) is 1.85. The lowest BCUT2D eigenvalue weighted by Crippen LogP contribution is -2.53. The second-order valence-electron chi connectivity index (χ2n) is 6.29. The summed E-state index contributed by atoms with van der Waals surface area (Å²) < 4.78 is 0. The molecule has 1 aliphatic heterocycles. The number of aromatic nitrogens is 1. The number of rotatable bonds is 2. The number of likely N-dealkylation sites (tertiary alicyclic amines) is 1. The van der Waals surface area contributed by atoms with Crippen molar-refractivity contribution in [3.8, 4) is 0 Å². The summed E-state index contributed by atoms with van der Waals surface area (Å²) in [5, 5.41) is 7.67. The zero-order valence-corrected chi connectivity index (χ0v) is 13.5. The van der Waals surface area contributed by atoms with Crippen molar-refractivity contribution in [1.82, 2.24) is 20.5 Å². The average molecular weight is 310 g/mol. The maximum Gasteiger partial charge on any atom is 0.317 e. The molecule has 6 nitrogen and oxygen atoms in total. The summed E-state index contributed by atoms with van der Waals surface area (Å²) in [6.07, 6.45) is 1.54. The van der Waals surface area contributed by atoms with Gasteiger partial charge in [0.1, 0.15) is 5.69 Å². The number of piperidine rings is 1. The van der Waals surface area contributed by atoms with Crippen molar-refractivity contribution in [3.05, 3.63) is 16.6 Å². The molecule has 2 rings (SSSR count). The molecule has 0 bridgehead atoms. The summed E-state index contributed by atoms with van der Waals surface area (Å²) in [6.45, 7) is 7.21. The van der Waals surface area contributed by atoms with E-state index >= 15 is 0 Å². The third kappa shape index (κ3) is 4.70. The Labute approximate surface area is 128 Å². The van der Waals surface area contributed by atoms with Crippen LogP contribution in [0.3, 0.4) is 0 Å². The molecule has 0 spiro atoms. The molecule has 0 unspecified atom stereocenters. The molecule has 21 heavy (non-hydrogen) atoms. The van der Waals surface area contributed by atoms with E-state index < -0.39 is 0 Å². The predicted molar refractivity (Wildman–Crippen MR) is 82.5 cm³/mol. The molecular weight excluding hydrogens is 288 g/mol. The van der Waals surface area contributed by atoms with Crippen LogP contribution in [0, 0.1) is 0 Å². The van der Waals surface area contributed by atoms with Gasteiger partial charge in [0.2, 0.25) is 0 Å². The summed E-state index contributed by atoms with van der Waals surface area (Å²) in [7, 11) is 0. The molecule has 0 aromatic carbocycles. The largest absolute Gasteiger partial charge is 0.348 e. The molecule has 0 radical (unpaired) electrons. The van der Waals surface area contributed by atoms with Gasteiger partial charge in [-0.05, 0) is 33.6 Å². The smallest absolute Gasteiger partial charge is 0.317 e.